The van der Waals surface area contributed by atoms with E-state index in [2.05, 4.69) is 32.4 Å². The van der Waals surface area contributed by atoms with Gasteiger partial charge in [0, 0.05) is 29.6 Å². The van der Waals surface area contributed by atoms with Crippen LogP contribution in [0.25, 0.3) is 5.69 Å². The number of methoxy groups -OCH3 is 1. The topological polar surface area (TPSA) is 135 Å². The number of aromatic nitrogens is 5. The fraction of sp³-hybridized carbons (Fsp3) is 0.269. The van der Waals surface area contributed by atoms with Crippen LogP contribution in [0.4, 0.5) is 5.69 Å². The first-order valence-corrected chi connectivity index (χ1v) is 12.9. The summed E-state index contributed by atoms with van der Waals surface area (Å²) in [6.07, 6.45) is 3.46. The van der Waals surface area contributed by atoms with Crippen LogP contribution in [0, 0.1) is 0 Å². The Bertz CT molecular complexity index is 1430. The molecule has 0 aliphatic heterocycles. The first-order chi connectivity index (χ1) is 17.9. The third-order valence-electron chi connectivity index (χ3n) is 5.58. The van der Waals surface area contributed by atoms with Crippen molar-refractivity contribution >= 4 is 23.4 Å². The summed E-state index contributed by atoms with van der Waals surface area (Å²) in [6, 6.07) is 16.5. The van der Waals surface area contributed by atoms with Gasteiger partial charge in [-0.2, -0.15) is 0 Å². The fourth-order valence-corrected chi connectivity index (χ4v) is 4.52. The van der Waals surface area contributed by atoms with Crippen LogP contribution in [-0.4, -0.2) is 43.5 Å². The number of amides is 1. The monoisotopic (exact) mass is 520 g/mol. The molecule has 2 aromatic heterocycles. The maximum absolute atomic E-state index is 12.7. The Labute approximate surface area is 217 Å². The van der Waals surface area contributed by atoms with Crippen molar-refractivity contribution in [3.63, 3.8) is 0 Å². The highest BCUT2D eigenvalue weighted by Crippen LogP contribution is 2.25. The molecule has 2 aromatic carbocycles. The quantitative estimate of drug-likeness (QED) is 0.258. The summed E-state index contributed by atoms with van der Waals surface area (Å²) in [6.45, 7) is 2.16. The Morgan fingerprint density at radius 1 is 1.05 bits per heavy atom. The summed E-state index contributed by atoms with van der Waals surface area (Å²) in [4.78, 5) is 40.9. The fourth-order valence-electron chi connectivity index (χ4n) is 3.75. The number of H-pyrrole nitrogens is 2. The SMILES string of the molecule is CCCCc1ccc(NC(=O)CSc2nnc(Cc3cc(=O)[nH]c(=O)[nH]3)n2-c2ccc(OC)cc2)cc1. The molecule has 2 heterocycles. The number of anilines is 1. The minimum Gasteiger partial charge on any atom is -0.497 e. The number of ether oxygens (including phenoxy) is 1. The Balaban J connectivity index is 1.52. The molecular weight excluding hydrogens is 492 g/mol. The number of carbonyl (C=O) groups excluding carboxylic acids is 1. The number of aryl methyl sites for hydroxylation is 1. The van der Waals surface area contributed by atoms with E-state index in [-0.39, 0.29) is 18.1 Å². The van der Waals surface area contributed by atoms with E-state index < -0.39 is 11.2 Å². The van der Waals surface area contributed by atoms with Crippen LogP contribution in [0.15, 0.2) is 69.3 Å². The highest BCUT2D eigenvalue weighted by atomic mass is 32.2. The largest absolute Gasteiger partial charge is 0.497 e. The lowest BCUT2D eigenvalue weighted by atomic mass is 10.1. The zero-order valence-corrected chi connectivity index (χ0v) is 21.4. The zero-order valence-electron chi connectivity index (χ0n) is 20.6. The van der Waals surface area contributed by atoms with Crippen LogP contribution < -0.4 is 21.3 Å². The Morgan fingerprint density at radius 2 is 1.81 bits per heavy atom. The first kappa shape index (κ1) is 26.0. The van der Waals surface area contributed by atoms with Gasteiger partial charge in [-0.1, -0.05) is 37.2 Å². The second-order valence-electron chi connectivity index (χ2n) is 8.36. The van der Waals surface area contributed by atoms with Crippen LogP contribution in [0.1, 0.15) is 36.8 Å². The summed E-state index contributed by atoms with van der Waals surface area (Å²) in [5.41, 5.74) is 2.03. The number of unbranched alkanes of at least 4 members (excludes halogenated alkanes) is 1. The Hall–Kier alpha value is -4.12. The predicted molar refractivity (Wildman–Crippen MR) is 143 cm³/mol. The molecule has 192 valence electrons. The van der Waals surface area contributed by atoms with Gasteiger partial charge in [-0.05, 0) is 54.8 Å². The molecule has 0 saturated heterocycles. The van der Waals surface area contributed by atoms with E-state index >= 15 is 0 Å². The van der Waals surface area contributed by atoms with Gasteiger partial charge in [-0.15, -0.1) is 10.2 Å². The highest BCUT2D eigenvalue weighted by Gasteiger charge is 2.17. The maximum atomic E-state index is 12.7. The van der Waals surface area contributed by atoms with E-state index in [1.54, 1.807) is 23.8 Å². The summed E-state index contributed by atoms with van der Waals surface area (Å²) in [5, 5.41) is 12.0. The number of nitrogens with one attached hydrogen (secondary N) is 3. The summed E-state index contributed by atoms with van der Waals surface area (Å²) in [7, 11) is 1.58. The van der Waals surface area contributed by atoms with Crippen LogP contribution in [0.2, 0.25) is 0 Å². The molecule has 0 unspecified atom stereocenters. The smallest absolute Gasteiger partial charge is 0.325 e. The number of thioether (sulfide) groups is 1. The third kappa shape index (κ3) is 6.98. The minimum absolute atomic E-state index is 0.119. The van der Waals surface area contributed by atoms with Crippen molar-refractivity contribution in [2.24, 2.45) is 0 Å². The van der Waals surface area contributed by atoms with Gasteiger partial charge in [-0.25, -0.2) is 4.79 Å². The van der Waals surface area contributed by atoms with Gasteiger partial charge < -0.3 is 15.0 Å². The number of rotatable bonds is 11. The van der Waals surface area contributed by atoms with E-state index in [0.29, 0.717) is 22.4 Å². The number of benzene rings is 2. The molecule has 1 amide bonds. The molecule has 0 atom stereocenters. The van der Waals surface area contributed by atoms with Crippen molar-refractivity contribution in [1.82, 2.24) is 24.7 Å². The molecule has 0 spiro atoms. The number of aromatic amines is 2. The molecule has 0 aliphatic rings. The maximum Gasteiger partial charge on any atom is 0.325 e. The average Bonchev–Trinajstić information content (AvgIpc) is 3.28. The van der Waals surface area contributed by atoms with E-state index in [9.17, 15) is 14.4 Å². The molecule has 0 bridgehead atoms. The van der Waals surface area contributed by atoms with E-state index in [1.807, 2.05) is 36.4 Å². The molecule has 10 nitrogen and oxygen atoms in total. The van der Waals surface area contributed by atoms with Crippen molar-refractivity contribution in [2.45, 2.75) is 37.8 Å². The number of carbonyl (C=O) groups is 1. The summed E-state index contributed by atoms with van der Waals surface area (Å²) in [5.74, 6) is 1.13. The van der Waals surface area contributed by atoms with Gasteiger partial charge in [0.15, 0.2) is 5.16 Å². The van der Waals surface area contributed by atoms with E-state index in [1.165, 1.54) is 23.4 Å². The number of nitrogens with zero attached hydrogens (tertiary/aromatic N) is 3. The van der Waals surface area contributed by atoms with Crippen molar-refractivity contribution in [1.29, 1.82) is 0 Å². The summed E-state index contributed by atoms with van der Waals surface area (Å²) < 4.78 is 7.05. The Morgan fingerprint density at radius 3 is 2.49 bits per heavy atom. The number of hydrogen-bond donors (Lipinski definition) is 3. The predicted octanol–water partition coefficient (Wildman–Crippen LogP) is 3.32. The molecule has 4 rings (SSSR count). The third-order valence-corrected chi connectivity index (χ3v) is 6.51. The molecular formula is C26H28N6O4S. The standard InChI is InChI=1S/C26H28N6O4S/c1-3-4-5-17-6-8-18(9-7-17)27-24(34)16-37-26-31-30-22(14-19-15-23(33)29-25(35)28-19)32(26)20-10-12-21(36-2)13-11-20/h6-13,15H,3-5,14,16H2,1-2H3,(H,27,34)(H2,28,29,33,35). The van der Waals surface area contributed by atoms with Gasteiger partial charge in [0.1, 0.15) is 11.6 Å². The van der Waals surface area contributed by atoms with Crippen LogP contribution in [0.3, 0.4) is 0 Å². The average molecular weight is 521 g/mol. The van der Waals surface area contributed by atoms with E-state index in [4.69, 9.17) is 4.74 Å². The van der Waals surface area contributed by atoms with Crippen molar-refractivity contribution in [3.05, 3.63) is 92.5 Å². The second kappa shape index (κ2) is 12.2. The molecule has 0 fully saturated rings. The van der Waals surface area contributed by atoms with Crippen molar-refractivity contribution in [3.8, 4) is 11.4 Å². The second-order valence-corrected chi connectivity index (χ2v) is 9.30. The minimum atomic E-state index is -0.595. The van der Waals surface area contributed by atoms with Crippen LogP contribution in [-0.2, 0) is 17.6 Å². The molecule has 37 heavy (non-hydrogen) atoms. The molecule has 11 heteroatoms. The van der Waals surface area contributed by atoms with Gasteiger partial charge in [-0.3, -0.25) is 19.1 Å². The summed E-state index contributed by atoms with van der Waals surface area (Å²) >= 11 is 1.24. The lowest BCUT2D eigenvalue weighted by Crippen LogP contribution is -2.23. The van der Waals surface area contributed by atoms with Gasteiger partial charge in [0.25, 0.3) is 5.56 Å². The highest BCUT2D eigenvalue weighted by molar-refractivity contribution is 7.99. The van der Waals surface area contributed by atoms with Crippen molar-refractivity contribution < 1.29 is 9.53 Å². The molecule has 0 aliphatic carbocycles. The van der Waals surface area contributed by atoms with Gasteiger partial charge in [0.2, 0.25) is 5.91 Å². The van der Waals surface area contributed by atoms with Gasteiger partial charge in [0.05, 0.1) is 12.9 Å². The molecule has 4 aromatic rings. The van der Waals surface area contributed by atoms with Gasteiger partial charge >= 0.3 is 5.69 Å². The lowest BCUT2D eigenvalue weighted by molar-refractivity contribution is -0.113. The van der Waals surface area contributed by atoms with Crippen LogP contribution in [0.5, 0.6) is 5.75 Å². The lowest BCUT2D eigenvalue weighted by Gasteiger charge is -2.11. The molecule has 3 N–H and O–H groups in total. The molecule has 0 saturated carbocycles. The normalized spacial score (nSPS) is 10.9. The van der Waals surface area contributed by atoms with Crippen molar-refractivity contribution in [2.75, 3.05) is 18.2 Å². The first-order valence-electron chi connectivity index (χ1n) is 11.9. The van der Waals surface area contributed by atoms with E-state index in [0.717, 1.165) is 30.6 Å². The van der Waals surface area contributed by atoms with Crippen LogP contribution >= 0.6 is 11.8 Å². The molecule has 0 radical (unpaired) electrons. The zero-order chi connectivity index (χ0) is 26.2. The number of hydrogen-bond acceptors (Lipinski definition) is 7. The Kier molecular flexibility index (Phi) is 8.57.